The molecule has 0 saturated carbocycles. The van der Waals surface area contributed by atoms with Gasteiger partial charge in [-0.1, -0.05) is 30.3 Å². The summed E-state index contributed by atoms with van der Waals surface area (Å²) in [5, 5.41) is 6.97. The Labute approximate surface area is 204 Å². The molecule has 2 N–H and O–H groups in total. The molecule has 2 saturated heterocycles. The zero-order chi connectivity index (χ0) is 21.2. The van der Waals surface area contributed by atoms with Crippen LogP contribution in [0.5, 0.6) is 0 Å². The number of guanidine groups is 1. The second-order valence-electron chi connectivity index (χ2n) is 8.08. The number of nitrogens with one attached hydrogen (secondary N) is 2. The summed E-state index contributed by atoms with van der Waals surface area (Å²) < 4.78 is 5.11. The van der Waals surface area contributed by atoms with E-state index in [1.807, 2.05) is 6.92 Å². The molecule has 1 aromatic carbocycles. The first-order valence-corrected chi connectivity index (χ1v) is 11.4. The number of hydrogen-bond donors (Lipinski definition) is 2. The van der Waals surface area contributed by atoms with E-state index < -0.39 is 0 Å². The lowest BCUT2D eigenvalue weighted by molar-refractivity contribution is 0.0963. The summed E-state index contributed by atoms with van der Waals surface area (Å²) in [5.74, 6) is 0.888. The molecule has 1 atom stereocenters. The molecule has 0 aromatic heterocycles. The van der Waals surface area contributed by atoms with E-state index >= 15 is 0 Å². The van der Waals surface area contributed by atoms with Crippen LogP contribution >= 0.6 is 24.0 Å². The quantitative estimate of drug-likeness (QED) is 0.314. The van der Waals surface area contributed by atoms with E-state index in [9.17, 15) is 4.79 Å². The van der Waals surface area contributed by atoms with Crippen molar-refractivity contribution in [3.8, 4) is 0 Å². The van der Waals surface area contributed by atoms with Crippen LogP contribution in [0.25, 0.3) is 0 Å². The largest absolute Gasteiger partial charge is 0.450 e. The fraction of sp³-hybridized carbons (Fsp3) is 0.652. The molecule has 7 nitrogen and oxygen atoms in total. The highest BCUT2D eigenvalue weighted by atomic mass is 127. The number of carbonyl (C=O) groups is 1. The molecule has 0 radical (unpaired) electrons. The van der Waals surface area contributed by atoms with Crippen LogP contribution < -0.4 is 10.6 Å². The molecule has 31 heavy (non-hydrogen) atoms. The van der Waals surface area contributed by atoms with Crippen molar-refractivity contribution in [2.24, 2.45) is 4.99 Å². The Morgan fingerprint density at radius 3 is 2.55 bits per heavy atom. The van der Waals surface area contributed by atoms with Crippen molar-refractivity contribution in [2.75, 3.05) is 39.3 Å². The van der Waals surface area contributed by atoms with E-state index in [4.69, 9.17) is 9.73 Å². The standard InChI is InChI=1S/C23H37N5O2.HI/c1-3-24-22(26-20-12-15-27(16-13-20)23(29)30-4-2)25-17-21-11-8-14-28(21)18-19-9-6-5-7-10-19;/h5-7,9-10,20-21H,3-4,8,11-18H2,1-2H3,(H2,24,25,26);1H. The number of carbonyl (C=O) groups excluding carboxylic acids is 1. The normalized spacial score (nSPS) is 20.3. The first kappa shape index (κ1) is 25.7. The molecule has 1 aromatic rings. The number of halogens is 1. The van der Waals surface area contributed by atoms with Gasteiger partial charge in [-0.3, -0.25) is 9.89 Å². The lowest BCUT2D eigenvalue weighted by Crippen LogP contribution is -2.50. The monoisotopic (exact) mass is 543 g/mol. The second kappa shape index (κ2) is 13.8. The van der Waals surface area contributed by atoms with Gasteiger partial charge in [0.15, 0.2) is 5.96 Å². The van der Waals surface area contributed by atoms with Crippen molar-refractivity contribution >= 4 is 36.0 Å². The number of benzene rings is 1. The highest BCUT2D eigenvalue weighted by Gasteiger charge is 2.26. The van der Waals surface area contributed by atoms with E-state index in [-0.39, 0.29) is 30.1 Å². The molecule has 174 valence electrons. The molecule has 2 aliphatic rings. The number of aliphatic imine (C=N–C) groups is 1. The van der Waals surface area contributed by atoms with Gasteiger partial charge in [0.1, 0.15) is 0 Å². The summed E-state index contributed by atoms with van der Waals surface area (Å²) in [5.41, 5.74) is 1.37. The highest BCUT2D eigenvalue weighted by Crippen LogP contribution is 2.20. The molecule has 3 rings (SSSR count). The number of rotatable bonds is 7. The molecular formula is C23H38IN5O2. The predicted molar refractivity (Wildman–Crippen MR) is 136 cm³/mol. The van der Waals surface area contributed by atoms with Crippen molar-refractivity contribution in [3.63, 3.8) is 0 Å². The lowest BCUT2D eigenvalue weighted by atomic mass is 10.1. The number of ether oxygens (including phenoxy) is 1. The Morgan fingerprint density at radius 1 is 1.13 bits per heavy atom. The van der Waals surface area contributed by atoms with Crippen LogP contribution in [0.2, 0.25) is 0 Å². The van der Waals surface area contributed by atoms with E-state index in [0.717, 1.165) is 58.1 Å². The van der Waals surface area contributed by atoms with Crippen LogP contribution in [0, 0.1) is 0 Å². The van der Waals surface area contributed by atoms with Crippen LogP contribution in [0.1, 0.15) is 45.1 Å². The summed E-state index contributed by atoms with van der Waals surface area (Å²) in [6, 6.07) is 11.5. The van der Waals surface area contributed by atoms with Crippen molar-refractivity contribution in [3.05, 3.63) is 35.9 Å². The van der Waals surface area contributed by atoms with Crippen molar-refractivity contribution in [1.29, 1.82) is 0 Å². The molecule has 2 fully saturated rings. The first-order valence-electron chi connectivity index (χ1n) is 11.4. The van der Waals surface area contributed by atoms with Crippen LogP contribution in [0.15, 0.2) is 35.3 Å². The minimum Gasteiger partial charge on any atom is -0.450 e. The van der Waals surface area contributed by atoms with Gasteiger partial charge in [0.25, 0.3) is 0 Å². The third kappa shape index (κ3) is 8.14. The topological polar surface area (TPSA) is 69.2 Å². The maximum absolute atomic E-state index is 11.9. The average molecular weight is 543 g/mol. The number of piperidine rings is 1. The predicted octanol–water partition coefficient (Wildman–Crippen LogP) is 3.45. The number of hydrogen-bond acceptors (Lipinski definition) is 4. The molecule has 0 spiro atoms. The van der Waals surface area contributed by atoms with Crippen LogP contribution in [0.4, 0.5) is 4.79 Å². The third-order valence-corrected chi connectivity index (χ3v) is 5.89. The molecule has 2 aliphatic heterocycles. The Hall–Kier alpha value is -1.55. The van der Waals surface area contributed by atoms with Gasteiger partial charge in [-0.2, -0.15) is 0 Å². The molecule has 1 unspecified atom stereocenters. The van der Waals surface area contributed by atoms with Crippen molar-refractivity contribution in [1.82, 2.24) is 20.4 Å². The maximum atomic E-state index is 11.9. The molecule has 0 bridgehead atoms. The summed E-state index contributed by atoms with van der Waals surface area (Å²) >= 11 is 0. The van der Waals surface area contributed by atoms with Gasteiger partial charge in [-0.05, 0) is 51.6 Å². The van der Waals surface area contributed by atoms with Gasteiger partial charge in [0.2, 0.25) is 0 Å². The highest BCUT2D eigenvalue weighted by molar-refractivity contribution is 14.0. The molecule has 1 amide bonds. The molecular weight excluding hydrogens is 505 g/mol. The average Bonchev–Trinajstić information content (AvgIpc) is 3.20. The Balaban J connectivity index is 0.00000341. The van der Waals surface area contributed by atoms with Gasteiger partial charge in [-0.25, -0.2) is 4.79 Å². The fourth-order valence-electron chi connectivity index (χ4n) is 4.26. The Morgan fingerprint density at radius 2 is 1.87 bits per heavy atom. The van der Waals surface area contributed by atoms with Gasteiger partial charge < -0.3 is 20.3 Å². The number of amides is 1. The van der Waals surface area contributed by atoms with Gasteiger partial charge in [0, 0.05) is 38.3 Å². The minimum absolute atomic E-state index is 0. The van der Waals surface area contributed by atoms with Crippen molar-refractivity contribution in [2.45, 2.75) is 58.2 Å². The zero-order valence-corrected chi connectivity index (χ0v) is 21.2. The van der Waals surface area contributed by atoms with Gasteiger partial charge >= 0.3 is 6.09 Å². The molecule has 8 heteroatoms. The second-order valence-corrected chi connectivity index (χ2v) is 8.08. The van der Waals surface area contributed by atoms with Gasteiger partial charge in [-0.15, -0.1) is 24.0 Å². The molecule has 0 aliphatic carbocycles. The molecule has 2 heterocycles. The first-order chi connectivity index (χ1) is 14.7. The summed E-state index contributed by atoms with van der Waals surface area (Å²) in [6.07, 6.45) is 4.06. The number of nitrogens with zero attached hydrogens (tertiary/aromatic N) is 3. The van der Waals surface area contributed by atoms with Crippen molar-refractivity contribution < 1.29 is 9.53 Å². The lowest BCUT2D eigenvalue weighted by Gasteiger charge is -2.32. The fourth-order valence-corrected chi connectivity index (χ4v) is 4.26. The third-order valence-electron chi connectivity index (χ3n) is 5.89. The van der Waals surface area contributed by atoms with E-state index in [0.29, 0.717) is 18.7 Å². The Bertz CT molecular complexity index is 680. The van der Waals surface area contributed by atoms with Crippen LogP contribution in [-0.2, 0) is 11.3 Å². The van der Waals surface area contributed by atoms with Crippen LogP contribution in [0.3, 0.4) is 0 Å². The smallest absolute Gasteiger partial charge is 0.409 e. The van der Waals surface area contributed by atoms with Gasteiger partial charge in [0.05, 0.1) is 13.2 Å². The van der Waals surface area contributed by atoms with E-state index in [1.54, 1.807) is 4.90 Å². The van der Waals surface area contributed by atoms with E-state index in [2.05, 4.69) is 52.8 Å². The zero-order valence-electron chi connectivity index (χ0n) is 18.9. The minimum atomic E-state index is -0.198. The summed E-state index contributed by atoms with van der Waals surface area (Å²) in [6.45, 7) is 9.61. The maximum Gasteiger partial charge on any atom is 0.409 e. The Kier molecular flexibility index (Phi) is 11.4. The van der Waals surface area contributed by atoms with E-state index in [1.165, 1.54) is 18.4 Å². The number of likely N-dealkylation sites (tertiary alicyclic amines) is 2. The summed E-state index contributed by atoms with van der Waals surface area (Å²) in [7, 11) is 0. The van der Waals surface area contributed by atoms with Crippen LogP contribution in [-0.4, -0.2) is 73.3 Å². The summed E-state index contributed by atoms with van der Waals surface area (Å²) in [4.78, 5) is 21.1. The SMILES string of the molecule is CCNC(=NCC1CCCN1Cc1ccccc1)NC1CCN(C(=O)OCC)CC1.I.